The highest BCUT2D eigenvalue weighted by Gasteiger charge is 2.31. The molecule has 2 atom stereocenters. The Labute approximate surface area is 161 Å². The molecule has 2 aromatic rings. The molecule has 5 nitrogen and oxygen atoms in total. The van der Waals surface area contributed by atoms with Crippen molar-refractivity contribution in [1.82, 2.24) is 4.31 Å². The maximum Gasteiger partial charge on any atom is 0.255 e. The van der Waals surface area contributed by atoms with E-state index in [1.807, 2.05) is 31.2 Å². The number of benzene rings is 2. The second kappa shape index (κ2) is 7.82. The lowest BCUT2D eigenvalue weighted by Crippen LogP contribution is -2.42. The number of carbonyl (C=O) groups is 1. The van der Waals surface area contributed by atoms with Crippen LogP contribution in [-0.4, -0.2) is 31.7 Å². The highest BCUT2D eigenvalue weighted by molar-refractivity contribution is 7.89. The third kappa shape index (κ3) is 4.57. The normalized spacial score (nSPS) is 21.0. The fourth-order valence-electron chi connectivity index (χ4n) is 3.66. The molecule has 144 valence electrons. The molecule has 1 saturated heterocycles. The minimum atomic E-state index is -3.53. The first-order valence-corrected chi connectivity index (χ1v) is 10.7. The largest absolute Gasteiger partial charge is 0.322 e. The maximum absolute atomic E-state index is 12.9. The van der Waals surface area contributed by atoms with Gasteiger partial charge in [0.05, 0.1) is 4.90 Å². The van der Waals surface area contributed by atoms with Gasteiger partial charge >= 0.3 is 0 Å². The van der Waals surface area contributed by atoms with Crippen LogP contribution >= 0.6 is 0 Å². The third-order valence-electron chi connectivity index (χ3n) is 4.87. The Morgan fingerprint density at radius 3 is 2.26 bits per heavy atom. The summed E-state index contributed by atoms with van der Waals surface area (Å²) in [6.45, 7) is 7.20. The number of hydrogen-bond acceptors (Lipinski definition) is 3. The minimum Gasteiger partial charge on any atom is -0.322 e. The summed E-state index contributed by atoms with van der Waals surface area (Å²) in [5.41, 5.74) is 2.20. The fraction of sp³-hybridized carbons (Fsp3) is 0.381. The first kappa shape index (κ1) is 19.6. The van der Waals surface area contributed by atoms with E-state index in [0.717, 1.165) is 12.0 Å². The predicted octanol–water partition coefficient (Wildman–Crippen LogP) is 3.91. The van der Waals surface area contributed by atoms with E-state index in [1.54, 1.807) is 16.4 Å². The van der Waals surface area contributed by atoms with Crippen LogP contribution in [0.2, 0.25) is 0 Å². The molecule has 2 aromatic carbocycles. The Morgan fingerprint density at radius 2 is 1.67 bits per heavy atom. The molecule has 0 saturated carbocycles. The van der Waals surface area contributed by atoms with Gasteiger partial charge in [-0.3, -0.25) is 4.79 Å². The molecule has 1 amide bonds. The number of carbonyl (C=O) groups excluding carboxylic acids is 1. The van der Waals surface area contributed by atoms with E-state index in [1.165, 1.54) is 12.1 Å². The Hall–Kier alpha value is -2.18. The number of anilines is 1. The topological polar surface area (TPSA) is 66.5 Å². The van der Waals surface area contributed by atoms with E-state index in [9.17, 15) is 13.2 Å². The van der Waals surface area contributed by atoms with Crippen LogP contribution in [0.15, 0.2) is 53.4 Å². The van der Waals surface area contributed by atoms with Crippen molar-refractivity contribution in [3.8, 4) is 0 Å². The summed E-state index contributed by atoms with van der Waals surface area (Å²) in [4.78, 5) is 12.6. The number of amides is 1. The van der Waals surface area contributed by atoms with Crippen LogP contribution in [0.5, 0.6) is 0 Å². The van der Waals surface area contributed by atoms with Crippen molar-refractivity contribution in [2.45, 2.75) is 32.1 Å². The average Bonchev–Trinajstić information content (AvgIpc) is 2.61. The van der Waals surface area contributed by atoms with Crippen molar-refractivity contribution in [3.63, 3.8) is 0 Å². The van der Waals surface area contributed by atoms with Gasteiger partial charge in [-0.25, -0.2) is 8.42 Å². The number of nitrogens with one attached hydrogen (secondary N) is 1. The lowest BCUT2D eigenvalue weighted by Gasteiger charge is -2.34. The van der Waals surface area contributed by atoms with Gasteiger partial charge in [0, 0.05) is 24.3 Å². The molecule has 0 radical (unpaired) electrons. The van der Waals surface area contributed by atoms with Gasteiger partial charge in [-0.2, -0.15) is 4.31 Å². The molecule has 1 fully saturated rings. The van der Waals surface area contributed by atoms with E-state index < -0.39 is 10.0 Å². The van der Waals surface area contributed by atoms with E-state index >= 15 is 0 Å². The number of hydrogen-bond donors (Lipinski definition) is 1. The van der Waals surface area contributed by atoms with Gasteiger partial charge < -0.3 is 5.32 Å². The van der Waals surface area contributed by atoms with Gasteiger partial charge in [0.2, 0.25) is 10.0 Å². The summed E-state index contributed by atoms with van der Waals surface area (Å²) in [7, 11) is -3.53. The van der Waals surface area contributed by atoms with Crippen LogP contribution in [0.3, 0.4) is 0 Å². The van der Waals surface area contributed by atoms with Crippen molar-refractivity contribution in [1.29, 1.82) is 0 Å². The second-order valence-corrected chi connectivity index (χ2v) is 9.55. The van der Waals surface area contributed by atoms with Crippen molar-refractivity contribution in [2.24, 2.45) is 11.8 Å². The Kier molecular flexibility index (Phi) is 5.67. The van der Waals surface area contributed by atoms with Gasteiger partial charge in [0.25, 0.3) is 5.91 Å². The molecule has 0 aliphatic carbocycles. The number of sulfonamides is 1. The summed E-state index contributed by atoms with van der Waals surface area (Å²) in [6, 6.07) is 13.7. The quantitative estimate of drug-likeness (QED) is 0.866. The highest BCUT2D eigenvalue weighted by atomic mass is 32.2. The summed E-state index contributed by atoms with van der Waals surface area (Å²) < 4.78 is 27.4. The van der Waals surface area contributed by atoms with Crippen LogP contribution in [0.1, 0.15) is 36.2 Å². The molecule has 0 spiro atoms. The fourth-order valence-corrected chi connectivity index (χ4v) is 5.34. The molecular formula is C21H26N2O3S. The first-order chi connectivity index (χ1) is 12.8. The Morgan fingerprint density at radius 1 is 1.04 bits per heavy atom. The SMILES string of the molecule is Cc1cccc(NC(=O)c2ccc(S(=O)(=O)N3C[C@H](C)C[C@@H](C)C3)cc2)c1. The average molecular weight is 387 g/mol. The van der Waals surface area contributed by atoms with E-state index in [2.05, 4.69) is 19.2 Å². The van der Waals surface area contributed by atoms with E-state index in [-0.39, 0.29) is 10.8 Å². The zero-order valence-electron chi connectivity index (χ0n) is 16.0. The Balaban J connectivity index is 1.75. The Bertz CT molecular complexity index is 913. The smallest absolute Gasteiger partial charge is 0.255 e. The lowest BCUT2D eigenvalue weighted by atomic mass is 9.94. The molecule has 6 heteroatoms. The van der Waals surface area contributed by atoms with Crippen LogP contribution in [0.25, 0.3) is 0 Å². The van der Waals surface area contributed by atoms with E-state index in [0.29, 0.717) is 36.2 Å². The van der Waals surface area contributed by atoms with Crippen molar-refractivity contribution < 1.29 is 13.2 Å². The summed E-state index contributed by atoms with van der Waals surface area (Å²) in [6.07, 6.45) is 1.05. The third-order valence-corrected chi connectivity index (χ3v) is 6.71. The van der Waals surface area contributed by atoms with Crippen molar-refractivity contribution in [2.75, 3.05) is 18.4 Å². The lowest BCUT2D eigenvalue weighted by molar-refractivity contribution is 0.102. The second-order valence-electron chi connectivity index (χ2n) is 7.62. The van der Waals surface area contributed by atoms with Crippen LogP contribution in [0.4, 0.5) is 5.69 Å². The van der Waals surface area contributed by atoms with Crippen molar-refractivity contribution >= 4 is 21.6 Å². The number of nitrogens with zero attached hydrogens (tertiary/aromatic N) is 1. The molecule has 3 rings (SSSR count). The monoisotopic (exact) mass is 386 g/mol. The van der Waals surface area contributed by atoms with Gasteiger partial charge in [0.1, 0.15) is 0 Å². The van der Waals surface area contributed by atoms with Gasteiger partial charge in [-0.1, -0.05) is 26.0 Å². The predicted molar refractivity (Wildman–Crippen MR) is 107 cm³/mol. The van der Waals surface area contributed by atoms with E-state index in [4.69, 9.17) is 0 Å². The number of rotatable bonds is 4. The highest BCUT2D eigenvalue weighted by Crippen LogP contribution is 2.26. The summed E-state index contributed by atoms with van der Waals surface area (Å²) >= 11 is 0. The molecule has 1 heterocycles. The number of piperidine rings is 1. The number of aryl methyl sites for hydroxylation is 1. The molecule has 1 aliphatic heterocycles. The van der Waals surface area contributed by atoms with Crippen LogP contribution in [0, 0.1) is 18.8 Å². The van der Waals surface area contributed by atoms with Crippen LogP contribution in [-0.2, 0) is 10.0 Å². The van der Waals surface area contributed by atoms with Gasteiger partial charge in [-0.15, -0.1) is 0 Å². The maximum atomic E-state index is 12.9. The zero-order valence-corrected chi connectivity index (χ0v) is 16.8. The van der Waals surface area contributed by atoms with Crippen LogP contribution < -0.4 is 5.32 Å². The standard InChI is InChI=1S/C21H26N2O3S/c1-15-5-4-6-19(12-15)22-21(24)18-7-9-20(10-8-18)27(25,26)23-13-16(2)11-17(3)14-23/h4-10,12,16-17H,11,13-14H2,1-3H3,(H,22,24)/t16-,17-/m1/s1. The van der Waals surface area contributed by atoms with Crippen molar-refractivity contribution in [3.05, 3.63) is 59.7 Å². The molecule has 0 aromatic heterocycles. The van der Waals surface area contributed by atoms with Gasteiger partial charge in [0.15, 0.2) is 0 Å². The molecule has 0 bridgehead atoms. The molecule has 1 aliphatic rings. The first-order valence-electron chi connectivity index (χ1n) is 9.24. The summed E-state index contributed by atoms with van der Waals surface area (Å²) in [5, 5.41) is 2.83. The minimum absolute atomic E-state index is 0.232. The molecule has 1 N–H and O–H groups in total. The molecule has 27 heavy (non-hydrogen) atoms. The van der Waals surface area contributed by atoms with Gasteiger partial charge in [-0.05, 0) is 67.1 Å². The zero-order chi connectivity index (χ0) is 19.6. The molecule has 0 unspecified atom stereocenters. The molecular weight excluding hydrogens is 360 g/mol. The summed E-state index contributed by atoms with van der Waals surface area (Å²) in [5.74, 6) is 0.440.